The van der Waals surface area contributed by atoms with Gasteiger partial charge in [0.25, 0.3) is 0 Å². The van der Waals surface area contributed by atoms with Gasteiger partial charge in [-0.3, -0.25) is 4.98 Å². The molecule has 1 aromatic carbocycles. The third-order valence-electron chi connectivity index (χ3n) is 4.53. The van der Waals surface area contributed by atoms with E-state index in [9.17, 15) is 0 Å². The van der Waals surface area contributed by atoms with Gasteiger partial charge in [-0.15, -0.1) is 0 Å². The first kappa shape index (κ1) is 15.2. The van der Waals surface area contributed by atoms with E-state index in [4.69, 9.17) is 0 Å². The van der Waals surface area contributed by atoms with Crippen molar-refractivity contribution in [2.45, 2.75) is 12.8 Å². The summed E-state index contributed by atoms with van der Waals surface area (Å²) in [4.78, 5) is 9.12. The second-order valence-corrected chi connectivity index (χ2v) is 6.14. The van der Waals surface area contributed by atoms with Crippen molar-refractivity contribution in [1.82, 2.24) is 14.8 Å². The highest BCUT2D eigenvalue weighted by Gasteiger charge is 2.13. The molecule has 2 heterocycles. The Bertz CT molecular complexity index is 574. The molecule has 0 bridgehead atoms. The first-order valence-electron chi connectivity index (χ1n) is 8.22. The molecule has 0 N–H and O–H groups in total. The van der Waals surface area contributed by atoms with E-state index in [0.29, 0.717) is 0 Å². The van der Waals surface area contributed by atoms with Crippen LogP contribution >= 0.6 is 0 Å². The lowest BCUT2D eigenvalue weighted by molar-refractivity contribution is 0.153. The zero-order valence-corrected chi connectivity index (χ0v) is 13.4. The number of piperazine rings is 1. The maximum Gasteiger partial charge on any atom is 0.0273 e. The summed E-state index contributed by atoms with van der Waals surface area (Å²) in [7, 11) is 2.21. The SMILES string of the molecule is CN1CCN(CCCc2ccccc2-c2ccncc2)CC1. The van der Waals surface area contributed by atoms with Crippen LogP contribution in [0.5, 0.6) is 0 Å². The molecule has 0 aliphatic carbocycles. The molecule has 0 unspecified atom stereocenters. The predicted molar refractivity (Wildman–Crippen MR) is 91.9 cm³/mol. The van der Waals surface area contributed by atoms with E-state index < -0.39 is 0 Å². The zero-order chi connectivity index (χ0) is 15.2. The van der Waals surface area contributed by atoms with Crippen LogP contribution in [0.15, 0.2) is 48.8 Å². The Hall–Kier alpha value is -1.71. The summed E-state index contributed by atoms with van der Waals surface area (Å²) in [6.07, 6.45) is 6.11. The summed E-state index contributed by atoms with van der Waals surface area (Å²) in [6.45, 7) is 6.03. The Morgan fingerprint density at radius 2 is 1.68 bits per heavy atom. The average Bonchev–Trinajstić information content (AvgIpc) is 2.58. The number of hydrogen-bond donors (Lipinski definition) is 0. The fourth-order valence-electron chi connectivity index (χ4n) is 3.12. The van der Waals surface area contributed by atoms with Crippen LogP contribution < -0.4 is 0 Å². The Morgan fingerprint density at radius 3 is 2.45 bits per heavy atom. The van der Waals surface area contributed by atoms with E-state index in [1.807, 2.05) is 12.4 Å². The zero-order valence-electron chi connectivity index (χ0n) is 13.4. The minimum Gasteiger partial charge on any atom is -0.304 e. The molecule has 3 rings (SSSR count). The van der Waals surface area contributed by atoms with Crippen molar-refractivity contribution >= 4 is 0 Å². The van der Waals surface area contributed by atoms with Gasteiger partial charge in [0.2, 0.25) is 0 Å². The standard InChI is InChI=1S/C19H25N3/c1-21-13-15-22(16-14-21)12-4-6-17-5-2-3-7-19(17)18-8-10-20-11-9-18/h2-3,5,7-11H,4,6,12-16H2,1H3. The number of nitrogens with zero attached hydrogens (tertiary/aromatic N) is 3. The van der Waals surface area contributed by atoms with E-state index in [2.05, 4.69) is 58.2 Å². The molecule has 3 heteroatoms. The highest BCUT2D eigenvalue weighted by Crippen LogP contribution is 2.24. The molecule has 1 aromatic heterocycles. The van der Waals surface area contributed by atoms with Gasteiger partial charge in [-0.25, -0.2) is 0 Å². The quantitative estimate of drug-likeness (QED) is 0.845. The van der Waals surface area contributed by atoms with Crippen LogP contribution in [0.25, 0.3) is 11.1 Å². The molecule has 0 atom stereocenters. The maximum absolute atomic E-state index is 4.12. The number of aryl methyl sites for hydroxylation is 1. The van der Waals surface area contributed by atoms with Crippen LogP contribution in [0.1, 0.15) is 12.0 Å². The van der Waals surface area contributed by atoms with E-state index in [1.54, 1.807) is 0 Å². The Kier molecular flexibility index (Phi) is 5.20. The largest absolute Gasteiger partial charge is 0.304 e. The van der Waals surface area contributed by atoms with Crippen LogP contribution in [0, 0.1) is 0 Å². The molecule has 0 saturated carbocycles. The Balaban J connectivity index is 1.59. The number of aromatic nitrogens is 1. The number of pyridine rings is 1. The highest BCUT2D eigenvalue weighted by molar-refractivity contribution is 5.66. The van der Waals surface area contributed by atoms with Gasteiger partial charge in [0, 0.05) is 38.6 Å². The van der Waals surface area contributed by atoms with Gasteiger partial charge in [0.05, 0.1) is 0 Å². The van der Waals surface area contributed by atoms with Crippen LogP contribution in [0.3, 0.4) is 0 Å². The molecular formula is C19H25N3. The van der Waals surface area contributed by atoms with E-state index in [1.165, 1.54) is 55.8 Å². The van der Waals surface area contributed by atoms with E-state index >= 15 is 0 Å². The Labute approximate surface area is 133 Å². The molecule has 1 fully saturated rings. The van der Waals surface area contributed by atoms with Crippen molar-refractivity contribution in [3.63, 3.8) is 0 Å². The number of likely N-dealkylation sites (N-methyl/N-ethyl adjacent to an activating group) is 1. The second kappa shape index (κ2) is 7.52. The smallest absolute Gasteiger partial charge is 0.0273 e. The topological polar surface area (TPSA) is 19.4 Å². The molecule has 2 aromatic rings. The molecule has 0 radical (unpaired) electrons. The number of rotatable bonds is 5. The summed E-state index contributed by atoms with van der Waals surface area (Å²) in [5.74, 6) is 0. The lowest BCUT2D eigenvalue weighted by Gasteiger charge is -2.32. The summed E-state index contributed by atoms with van der Waals surface area (Å²) < 4.78 is 0. The van der Waals surface area contributed by atoms with Crippen LogP contribution in [-0.2, 0) is 6.42 Å². The average molecular weight is 295 g/mol. The van der Waals surface area contributed by atoms with Gasteiger partial charge in [0.15, 0.2) is 0 Å². The first-order valence-corrected chi connectivity index (χ1v) is 8.22. The molecule has 3 nitrogen and oxygen atoms in total. The Morgan fingerprint density at radius 1 is 0.955 bits per heavy atom. The number of benzene rings is 1. The van der Waals surface area contributed by atoms with Gasteiger partial charge in [0.1, 0.15) is 0 Å². The molecule has 22 heavy (non-hydrogen) atoms. The van der Waals surface area contributed by atoms with Crippen molar-refractivity contribution in [3.05, 3.63) is 54.4 Å². The number of hydrogen-bond acceptors (Lipinski definition) is 3. The summed E-state index contributed by atoms with van der Waals surface area (Å²) in [5.41, 5.74) is 4.07. The van der Waals surface area contributed by atoms with Gasteiger partial charge < -0.3 is 9.80 Å². The van der Waals surface area contributed by atoms with Crippen LogP contribution in [0.2, 0.25) is 0 Å². The lowest BCUT2D eigenvalue weighted by Crippen LogP contribution is -2.44. The fourth-order valence-corrected chi connectivity index (χ4v) is 3.12. The predicted octanol–water partition coefficient (Wildman–Crippen LogP) is 2.93. The molecule has 0 spiro atoms. The highest BCUT2D eigenvalue weighted by atomic mass is 15.2. The van der Waals surface area contributed by atoms with Crippen molar-refractivity contribution in [2.24, 2.45) is 0 Å². The summed E-state index contributed by atoms with van der Waals surface area (Å²) in [6, 6.07) is 13.0. The van der Waals surface area contributed by atoms with Crippen molar-refractivity contribution < 1.29 is 0 Å². The van der Waals surface area contributed by atoms with Gasteiger partial charge in [-0.2, -0.15) is 0 Å². The monoisotopic (exact) mass is 295 g/mol. The third kappa shape index (κ3) is 3.93. The third-order valence-corrected chi connectivity index (χ3v) is 4.53. The van der Waals surface area contributed by atoms with Crippen LogP contribution in [-0.4, -0.2) is 54.6 Å². The van der Waals surface area contributed by atoms with Crippen LogP contribution in [0.4, 0.5) is 0 Å². The van der Waals surface area contributed by atoms with Crippen molar-refractivity contribution in [2.75, 3.05) is 39.8 Å². The lowest BCUT2D eigenvalue weighted by atomic mass is 9.97. The maximum atomic E-state index is 4.12. The minimum atomic E-state index is 1.14. The molecule has 116 valence electrons. The summed E-state index contributed by atoms with van der Waals surface area (Å²) >= 11 is 0. The molecular weight excluding hydrogens is 270 g/mol. The van der Waals surface area contributed by atoms with Gasteiger partial charge in [-0.1, -0.05) is 24.3 Å². The van der Waals surface area contributed by atoms with E-state index in [0.717, 1.165) is 6.42 Å². The van der Waals surface area contributed by atoms with Gasteiger partial charge >= 0.3 is 0 Å². The first-order chi connectivity index (χ1) is 10.8. The summed E-state index contributed by atoms with van der Waals surface area (Å²) in [5, 5.41) is 0. The minimum absolute atomic E-state index is 1.14. The van der Waals surface area contributed by atoms with Gasteiger partial charge in [-0.05, 0) is 55.3 Å². The molecule has 1 aliphatic rings. The fraction of sp³-hybridized carbons (Fsp3) is 0.421. The van der Waals surface area contributed by atoms with Crippen molar-refractivity contribution in [1.29, 1.82) is 0 Å². The van der Waals surface area contributed by atoms with E-state index in [-0.39, 0.29) is 0 Å². The van der Waals surface area contributed by atoms with Crippen molar-refractivity contribution in [3.8, 4) is 11.1 Å². The molecule has 1 saturated heterocycles. The normalized spacial score (nSPS) is 16.8. The second-order valence-electron chi connectivity index (χ2n) is 6.14. The molecule has 0 amide bonds. The molecule has 1 aliphatic heterocycles.